The Bertz CT molecular complexity index is 880. The molecule has 164 valence electrons. The number of rotatable bonds is 6. The molecule has 0 saturated carbocycles. The average molecular weight is 425 g/mol. The van der Waals surface area contributed by atoms with Gasteiger partial charge in [-0.3, -0.25) is 25.0 Å². The van der Waals surface area contributed by atoms with Gasteiger partial charge in [-0.1, -0.05) is 18.2 Å². The third kappa shape index (κ3) is 5.01. The standard InChI is InChI=1S/C22H28N6O3/c1-23-25-21(29)17-7-8-18(24-13-17)14-28(19-5-3-2-4-6-19)22(30)27-11-9-26(10-12-27)20-15-31-16-20/h2-8,13,20,23H,9-12,14-16H2,1H3,(H,25,29). The van der Waals surface area contributed by atoms with Crippen LogP contribution in [-0.2, 0) is 11.3 Å². The molecule has 2 saturated heterocycles. The van der Waals surface area contributed by atoms with Gasteiger partial charge in [0.1, 0.15) is 0 Å². The molecule has 2 aliphatic heterocycles. The maximum Gasteiger partial charge on any atom is 0.324 e. The molecule has 1 aromatic carbocycles. The number of carbonyl (C=O) groups is 2. The van der Waals surface area contributed by atoms with E-state index in [-0.39, 0.29) is 11.9 Å². The molecular formula is C22H28N6O3. The molecule has 3 heterocycles. The van der Waals surface area contributed by atoms with Crippen molar-refractivity contribution < 1.29 is 14.3 Å². The third-order valence-electron chi connectivity index (χ3n) is 5.67. The Hall–Kier alpha value is -3.01. The number of amides is 3. The summed E-state index contributed by atoms with van der Waals surface area (Å²) in [5.74, 6) is -0.257. The quantitative estimate of drug-likeness (QED) is 0.675. The van der Waals surface area contributed by atoms with Crippen LogP contribution in [0.2, 0.25) is 0 Å². The zero-order chi connectivity index (χ0) is 21.6. The summed E-state index contributed by atoms with van der Waals surface area (Å²) in [6.45, 7) is 5.00. The normalized spacial score (nSPS) is 17.1. The van der Waals surface area contributed by atoms with Gasteiger partial charge in [0.15, 0.2) is 0 Å². The first-order chi connectivity index (χ1) is 15.2. The zero-order valence-electron chi connectivity index (χ0n) is 17.7. The summed E-state index contributed by atoms with van der Waals surface area (Å²) >= 11 is 0. The van der Waals surface area contributed by atoms with Crippen molar-refractivity contribution in [3.05, 3.63) is 59.9 Å². The highest BCUT2D eigenvalue weighted by Crippen LogP contribution is 2.20. The van der Waals surface area contributed by atoms with Crippen molar-refractivity contribution in [1.82, 2.24) is 25.6 Å². The van der Waals surface area contributed by atoms with Gasteiger partial charge in [0.2, 0.25) is 0 Å². The zero-order valence-corrected chi connectivity index (χ0v) is 17.7. The summed E-state index contributed by atoms with van der Waals surface area (Å²) in [5, 5.41) is 0. The van der Waals surface area contributed by atoms with Crippen molar-refractivity contribution in [3.8, 4) is 0 Å². The van der Waals surface area contributed by atoms with E-state index in [1.807, 2.05) is 35.2 Å². The highest BCUT2D eigenvalue weighted by atomic mass is 16.5. The van der Waals surface area contributed by atoms with Crippen molar-refractivity contribution in [2.45, 2.75) is 12.6 Å². The predicted octanol–water partition coefficient (Wildman–Crippen LogP) is 1.09. The number of urea groups is 1. The molecule has 9 nitrogen and oxygen atoms in total. The van der Waals surface area contributed by atoms with E-state index in [4.69, 9.17) is 4.74 Å². The molecule has 0 bridgehead atoms. The van der Waals surface area contributed by atoms with E-state index < -0.39 is 0 Å². The summed E-state index contributed by atoms with van der Waals surface area (Å²) in [4.78, 5) is 35.8. The molecule has 1 aromatic heterocycles. The van der Waals surface area contributed by atoms with E-state index in [0.29, 0.717) is 36.9 Å². The summed E-state index contributed by atoms with van der Waals surface area (Å²) in [5.41, 5.74) is 7.11. The molecule has 2 N–H and O–H groups in total. The van der Waals surface area contributed by atoms with E-state index in [1.165, 1.54) is 6.20 Å². The number of hydrogen-bond donors (Lipinski definition) is 2. The Morgan fingerprint density at radius 2 is 1.84 bits per heavy atom. The van der Waals surface area contributed by atoms with Gasteiger partial charge in [-0.25, -0.2) is 10.2 Å². The molecule has 0 radical (unpaired) electrons. The fraction of sp³-hybridized carbons (Fsp3) is 0.409. The summed E-state index contributed by atoms with van der Waals surface area (Å²) in [6.07, 6.45) is 1.52. The molecule has 2 aliphatic rings. The number of nitrogens with zero attached hydrogens (tertiary/aromatic N) is 4. The number of carbonyl (C=O) groups excluding carboxylic acids is 2. The van der Waals surface area contributed by atoms with E-state index >= 15 is 0 Å². The van der Waals surface area contributed by atoms with E-state index in [0.717, 1.165) is 32.0 Å². The van der Waals surface area contributed by atoms with Gasteiger partial charge >= 0.3 is 6.03 Å². The van der Waals surface area contributed by atoms with Gasteiger partial charge in [-0.15, -0.1) is 0 Å². The minimum absolute atomic E-state index is 0.0329. The topological polar surface area (TPSA) is 90.0 Å². The lowest BCUT2D eigenvalue weighted by Crippen LogP contribution is -2.59. The van der Waals surface area contributed by atoms with Crippen molar-refractivity contribution >= 4 is 17.6 Å². The number of aromatic nitrogens is 1. The molecular weight excluding hydrogens is 396 g/mol. The number of hydrogen-bond acceptors (Lipinski definition) is 6. The Balaban J connectivity index is 1.46. The maximum absolute atomic E-state index is 13.4. The molecule has 0 spiro atoms. The number of piperazine rings is 1. The largest absolute Gasteiger partial charge is 0.378 e. The van der Waals surface area contributed by atoms with Gasteiger partial charge in [0, 0.05) is 45.1 Å². The first-order valence-electron chi connectivity index (χ1n) is 10.5. The van der Waals surface area contributed by atoms with Crippen LogP contribution < -0.4 is 15.8 Å². The van der Waals surface area contributed by atoms with Gasteiger partial charge in [0.25, 0.3) is 5.91 Å². The van der Waals surface area contributed by atoms with Crippen LogP contribution >= 0.6 is 0 Å². The van der Waals surface area contributed by atoms with Crippen molar-refractivity contribution in [1.29, 1.82) is 0 Å². The highest BCUT2D eigenvalue weighted by Gasteiger charge is 2.32. The average Bonchev–Trinajstić information content (AvgIpc) is 2.77. The van der Waals surface area contributed by atoms with Crippen LogP contribution in [0.3, 0.4) is 0 Å². The summed E-state index contributed by atoms with van der Waals surface area (Å²) in [7, 11) is 1.63. The number of pyridine rings is 1. The fourth-order valence-electron chi connectivity index (χ4n) is 3.76. The number of hydrazine groups is 1. The van der Waals surface area contributed by atoms with Crippen LogP contribution in [-0.4, -0.2) is 79.2 Å². The number of ether oxygens (including phenoxy) is 1. The Morgan fingerprint density at radius 3 is 2.42 bits per heavy atom. The van der Waals surface area contributed by atoms with Crippen molar-refractivity contribution in [2.24, 2.45) is 0 Å². The first-order valence-corrected chi connectivity index (χ1v) is 10.5. The second-order valence-corrected chi connectivity index (χ2v) is 7.66. The molecule has 2 fully saturated rings. The molecule has 0 aliphatic carbocycles. The summed E-state index contributed by atoms with van der Waals surface area (Å²) < 4.78 is 5.30. The Morgan fingerprint density at radius 1 is 1.10 bits per heavy atom. The molecule has 9 heteroatoms. The molecule has 4 rings (SSSR count). The van der Waals surface area contributed by atoms with Gasteiger partial charge in [-0.2, -0.15) is 0 Å². The lowest BCUT2D eigenvalue weighted by Gasteiger charge is -2.43. The molecule has 3 amide bonds. The summed E-state index contributed by atoms with van der Waals surface area (Å²) in [6, 6.07) is 13.6. The van der Waals surface area contributed by atoms with E-state index in [1.54, 1.807) is 24.1 Å². The second kappa shape index (κ2) is 9.86. The van der Waals surface area contributed by atoms with Crippen LogP contribution in [0.25, 0.3) is 0 Å². The molecule has 2 aromatic rings. The van der Waals surface area contributed by atoms with Crippen LogP contribution in [0.1, 0.15) is 16.1 Å². The van der Waals surface area contributed by atoms with Gasteiger partial charge in [-0.05, 0) is 24.3 Å². The van der Waals surface area contributed by atoms with E-state index in [9.17, 15) is 9.59 Å². The lowest BCUT2D eigenvalue weighted by atomic mass is 10.2. The van der Waals surface area contributed by atoms with Crippen LogP contribution in [0, 0.1) is 0 Å². The lowest BCUT2D eigenvalue weighted by molar-refractivity contribution is -0.0738. The van der Waals surface area contributed by atoms with Gasteiger partial charge in [0.05, 0.1) is 37.1 Å². The number of benzene rings is 1. The maximum atomic E-state index is 13.4. The minimum Gasteiger partial charge on any atom is -0.378 e. The number of nitrogens with one attached hydrogen (secondary N) is 2. The fourth-order valence-corrected chi connectivity index (χ4v) is 3.76. The predicted molar refractivity (Wildman–Crippen MR) is 117 cm³/mol. The van der Waals surface area contributed by atoms with Crippen LogP contribution in [0.4, 0.5) is 10.5 Å². The Labute approximate surface area is 181 Å². The van der Waals surface area contributed by atoms with Crippen molar-refractivity contribution in [3.63, 3.8) is 0 Å². The monoisotopic (exact) mass is 424 g/mol. The third-order valence-corrected chi connectivity index (χ3v) is 5.67. The first kappa shape index (κ1) is 21.2. The second-order valence-electron chi connectivity index (χ2n) is 7.66. The Kier molecular flexibility index (Phi) is 6.76. The van der Waals surface area contributed by atoms with Crippen LogP contribution in [0.15, 0.2) is 48.7 Å². The molecule has 0 atom stereocenters. The van der Waals surface area contributed by atoms with Crippen molar-refractivity contribution in [2.75, 3.05) is 51.3 Å². The van der Waals surface area contributed by atoms with E-state index in [2.05, 4.69) is 20.7 Å². The number of para-hydroxylation sites is 1. The van der Waals surface area contributed by atoms with Crippen LogP contribution in [0.5, 0.6) is 0 Å². The SMILES string of the molecule is CNNC(=O)c1ccc(CN(C(=O)N2CCN(C3COC3)CC2)c2ccccc2)nc1. The minimum atomic E-state index is -0.257. The van der Waals surface area contributed by atoms with Gasteiger partial charge < -0.3 is 9.64 Å². The molecule has 0 unspecified atom stereocenters. The highest BCUT2D eigenvalue weighted by molar-refractivity contribution is 5.94. The molecule has 31 heavy (non-hydrogen) atoms. The number of anilines is 1. The smallest absolute Gasteiger partial charge is 0.324 e.